The molecule has 0 spiro atoms. The highest BCUT2D eigenvalue weighted by Crippen LogP contribution is 2.57. The van der Waals surface area contributed by atoms with Gasteiger partial charge < -0.3 is 4.90 Å². The largest absolute Gasteiger partial charge is 0.310 e. The summed E-state index contributed by atoms with van der Waals surface area (Å²) in [5.74, 6) is 0. The first kappa shape index (κ1) is 29.0. The molecular formula is C47H41N. The van der Waals surface area contributed by atoms with Crippen LogP contribution in [0, 0.1) is 0 Å². The number of anilines is 3. The number of nitrogens with zero attached hydrogens (tertiary/aromatic N) is 1. The highest BCUT2D eigenvalue weighted by molar-refractivity contribution is 6.17. The summed E-state index contributed by atoms with van der Waals surface area (Å²) in [7, 11) is 0. The molecule has 7 aromatic carbocycles. The molecule has 0 amide bonds. The Bertz CT molecular complexity index is 2430. The van der Waals surface area contributed by atoms with Gasteiger partial charge in [0, 0.05) is 27.6 Å². The van der Waals surface area contributed by atoms with Gasteiger partial charge in [-0.2, -0.15) is 0 Å². The van der Waals surface area contributed by atoms with E-state index in [1.165, 1.54) is 77.4 Å². The van der Waals surface area contributed by atoms with Crippen LogP contribution in [-0.2, 0) is 16.2 Å². The van der Waals surface area contributed by atoms with Gasteiger partial charge in [0.2, 0.25) is 0 Å². The summed E-state index contributed by atoms with van der Waals surface area (Å²) in [4.78, 5) is 2.50. The average Bonchev–Trinajstić information content (AvgIpc) is 3.33. The Morgan fingerprint density at radius 3 is 1.69 bits per heavy atom. The van der Waals surface area contributed by atoms with Crippen molar-refractivity contribution in [1.29, 1.82) is 0 Å². The lowest BCUT2D eigenvalue weighted by Gasteiger charge is -2.49. The molecule has 0 N–H and O–H groups in total. The Morgan fingerprint density at radius 1 is 0.375 bits per heavy atom. The lowest BCUT2D eigenvalue weighted by molar-refractivity contribution is 0.301. The molecule has 2 aliphatic carbocycles. The van der Waals surface area contributed by atoms with E-state index < -0.39 is 0 Å². The van der Waals surface area contributed by atoms with Gasteiger partial charge >= 0.3 is 0 Å². The van der Waals surface area contributed by atoms with Crippen LogP contribution in [0.4, 0.5) is 17.1 Å². The molecule has 0 radical (unpaired) electrons. The summed E-state index contributed by atoms with van der Waals surface area (Å²) in [5, 5.41) is 5.19. The van der Waals surface area contributed by atoms with Gasteiger partial charge in [-0.3, -0.25) is 0 Å². The summed E-state index contributed by atoms with van der Waals surface area (Å²) >= 11 is 0. The summed E-state index contributed by atoms with van der Waals surface area (Å²) in [6.07, 6.45) is 0. The van der Waals surface area contributed by atoms with E-state index in [-0.39, 0.29) is 16.2 Å². The molecule has 0 aliphatic heterocycles. The zero-order valence-corrected chi connectivity index (χ0v) is 28.7. The first-order valence-corrected chi connectivity index (χ1v) is 17.3. The second kappa shape index (κ2) is 9.94. The second-order valence-electron chi connectivity index (χ2n) is 15.4. The number of benzene rings is 7. The topological polar surface area (TPSA) is 3.24 Å². The Kier molecular flexibility index (Phi) is 6.01. The molecular weight excluding hydrogens is 579 g/mol. The number of para-hydroxylation sites is 1. The van der Waals surface area contributed by atoms with Gasteiger partial charge in [-0.05, 0) is 96.4 Å². The summed E-state index contributed by atoms with van der Waals surface area (Å²) in [6, 6.07) is 52.2. The van der Waals surface area contributed by atoms with Crippen molar-refractivity contribution in [2.75, 3.05) is 4.90 Å². The molecule has 0 saturated heterocycles. The molecule has 9 rings (SSSR count). The van der Waals surface area contributed by atoms with Crippen molar-refractivity contribution in [2.45, 2.75) is 57.8 Å². The van der Waals surface area contributed by atoms with Crippen LogP contribution in [-0.4, -0.2) is 0 Å². The molecule has 0 saturated carbocycles. The van der Waals surface area contributed by atoms with Crippen LogP contribution in [0.2, 0.25) is 0 Å². The number of fused-ring (bicyclic) bond motifs is 10. The molecule has 234 valence electrons. The van der Waals surface area contributed by atoms with E-state index in [9.17, 15) is 0 Å². The van der Waals surface area contributed by atoms with Crippen LogP contribution in [0.25, 0.3) is 43.8 Å². The lowest BCUT2D eigenvalue weighted by Crippen LogP contribution is -2.43. The fourth-order valence-corrected chi connectivity index (χ4v) is 8.99. The smallest absolute Gasteiger partial charge is 0.0546 e. The summed E-state index contributed by atoms with van der Waals surface area (Å²) in [5.41, 5.74) is 14.3. The molecule has 0 heterocycles. The van der Waals surface area contributed by atoms with Crippen LogP contribution >= 0.6 is 0 Å². The molecule has 48 heavy (non-hydrogen) atoms. The second-order valence-corrected chi connectivity index (χ2v) is 15.4. The third-order valence-electron chi connectivity index (χ3n) is 12.2. The molecule has 0 aromatic heterocycles. The van der Waals surface area contributed by atoms with Gasteiger partial charge in [0.25, 0.3) is 0 Å². The monoisotopic (exact) mass is 619 g/mol. The Hall–Kier alpha value is -5.14. The highest BCUT2D eigenvalue weighted by Gasteiger charge is 2.46. The average molecular weight is 620 g/mol. The first-order chi connectivity index (χ1) is 23.1. The third-order valence-corrected chi connectivity index (χ3v) is 12.2. The molecule has 2 aliphatic rings. The van der Waals surface area contributed by atoms with Gasteiger partial charge in [0.15, 0.2) is 0 Å². The van der Waals surface area contributed by atoms with Gasteiger partial charge in [0.05, 0.1) is 5.69 Å². The number of rotatable bonds is 3. The number of hydrogen-bond donors (Lipinski definition) is 0. The van der Waals surface area contributed by atoms with E-state index in [2.05, 4.69) is 186 Å². The van der Waals surface area contributed by atoms with Crippen LogP contribution in [0.5, 0.6) is 0 Å². The normalized spacial score (nSPS) is 16.2. The fraction of sp³-hybridized carbons (Fsp3) is 0.191. The molecule has 0 unspecified atom stereocenters. The van der Waals surface area contributed by atoms with Crippen molar-refractivity contribution in [1.82, 2.24) is 0 Å². The van der Waals surface area contributed by atoms with Crippen LogP contribution < -0.4 is 4.90 Å². The van der Waals surface area contributed by atoms with E-state index in [0.29, 0.717) is 0 Å². The first-order valence-electron chi connectivity index (χ1n) is 17.3. The van der Waals surface area contributed by atoms with E-state index in [1.54, 1.807) is 0 Å². The van der Waals surface area contributed by atoms with Crippen molar-refractivity contribution in [3.63, 3.8) is 0 Å². The van der Waals surface area contributed by atoms with E-state index in [1.807, 2.05) is 0 Å². The van der Waals surface area contributed by atoms with E-state index in [0.717, 1.165) is 5.69 Å². The SMILES string of the molecule is CC1(C)c2ccccc2-c2ccc(N(c3ccccc3)c3cc4c5c(ccc4c4ccccc34)-c3ccccc3C(C)(C)C5(C)C)cc21. The van der Waals surface area contributed by atoms with Crippen LogP contribution in [0.1, 0.15) is 63.8 Å². The predicted molar refractivity (Wildman–Crippen MR) is 205 cm³/mol. The number of hydrogen-bond acceptors (Lipinski definition) is 1. The van der Waals surface area contributed by atoms with Crippen molar-refractivity contribution >= 4 is 38.6 Å². The Labute approximate surface area is 284 Å². The van der Waals surface area contributed by atoms with Crippen LogP contribution in [0.3, 0.4) is 0 Å². The van der Waals surface area contributed by atoms with Gasteiger partial charge in [-0.25, -0.2) is 0 Å². The fourth-order valence-electron chi connectivity index (χ4n) is 8.99. The van der Waals surface area contributed by atoms with Crippen molar-refractivity contribution in [2.24, 2.45) is 0 Å². The maximum Gasteiger partial charge on any atom is 0.0546 e. The lowest BCUT2D eigenvalue weighted by atomic mass is 9.54. The van der Waals surface area contributed by atoms with E-state index in [4.69, 9.17) is 0 Å². The minimum atomic E-state index is -0.114. The zero-order chi connectivity index (χ0) is 33.0. The van der Waals surface area contributed by atoms with Gasteiger partial charge in [-0.1, -0.05) is 151 Å². The standard InChI is InChI=1S/C47H41N/c1-45(2)40-22-14-12-19-34(40)36-25-24-31(28-42(36)45)48(30-16-8-7-9-17-30)43-29-39-33(32-18-10-11-21-37(32)43)26-27-38-35-20-13-15-23-41(35)46(3,4)47(5,6)44(38)39/h7-29H,1-6H3. The van der Waals surface area contributed by atoms with E-state index >= 15 is 0 Å². The summed E-state index contributed by atoms with van der Waals surface area (Å²) < 4.78 is 0. The zero-order valence-electron chi connectivity index (χ0n) is 28.7. The molecule has 0 fully saturated rings. The highest BCUT2D eigenvalue weighted by atomic mass is 15.1. The third kappa shape index (κ3) is 3.79. The van der Waals surface area contributed by atoms with Gasteiger partial charge in [0.1, 0.15) is 0 Å². The minimum absolute atomic E-state index is 0.0592. The maximum atomic E-state index is 2.50. The Balaban J connectivity index is 1.37. The molecule has 0 atom stereocenters. The van der Waals surface area contributed by atoms with Crippen molar-refractivity contribution in [3.05, 3.63) is 162 Å². The van der Waals surface area contributed by atoms with Crippen molar-refractivity contribution in [3.8, 4) is 22.3 Å². The molecule has 7 aromatic rings. The Morgan fingerprint density at radius 2 is 0.938 bits per heavy atom. The summed E-state index contributed by atoms with van der Waals surface area (Å²) in [6.45, 7) is 14.5. The van der Waals surface area contributed by atoms with Crippen molar-refractivity contribution < 1.29 is 0 Å². The molecule has 0 bridgehead atoms. The molecule has 1 nitrogen and oxygen atoms in total. The molecule has 1 heteroatoms. The minimum Gasteiger partial charge on any atom is -0.310 e. The van der Waals surface area contributed by atoms with Gasteiger partial charge in [-0.15, -0.1) is 0 Å². The predicted octanol–water partition coefficient (Wildman–Crippen LogP) is 13.0. The quantitative estimate of drug-likeness (QED) is 0.178. The van der Waals surface area contributed by atoms with Crippen LogP contribution in [0.15, 0.2) is 140 Å². The maximum absolute atomic E-state index is 2.50.